The Morgan fingerprint density at radius 1 is 0.917 bits per heavy atom. The van der Waals surface area contributed by atoms with E-state index in [4.69, 9.17) is 4.74 Å². The zero-order valence-electron chi connectivity index (χ0n) is 13.2. The summed E-state index contributed by atoms with van der Waals surface area (Å²) >= 11 is 0. The highest BCUT2D eigenvalue weighted by molar-refractivity contribution is 5.88. The predicted molar refractivity (Wildman–Crippen MR) is 93.6 cm³/mol. The topological polar surface area (TPSA) is 66.6 Å². The van der Waals surface area contributed by atoms with E-state index in [1.807, 2.05) is 60.8 Å². The summed E-state index contributed by atoms with van der Waals surface area (Å²) in [7, 11) is 1.66. The van der Waals surface area contributed by atoms with E-state index in [2.05, 4.69) is 20.2 Å². The second-order valence-electron chi connectivity index (χ2n) is 5.35. The first kappa shape index (κ1) is 14.3. The van der Waals surface area contributed by atoms with Crippen LogP contribution >= 0.6 is 0 Å². The minimum absolute atomic E-state index is 0.786. The maximum Gasteiger partial charge on any atom is 0.141 e. The Hall–Kier alpha value is -3.34. The molecular formula is C19H16N4O. The van der Waals surface area contributed by atoms with Gasteiger partial charge >= 0.3 is 0 Å². The third-order valence-electron chi connectivity index (χ3n) is 3.93. The van der Waals surface area contributed by atoms with Gasteiger partial charge in [-0.25, -0.2) is 4.98 Å². The molecule has 0 aliphatic rings. The van der Waals surface area contributed by atoms with Gasteiger partial charge in [0.2, 0.25) is 0 Å². The van der Waals surface area contributed by atoms with Gasteiger partial charge in [-0.2, -0.15) is 5.10 Å². The number of methoxy groups -OCH3 is 1. The number of aromatic amines is 2. The highest BCUT2D eigenvalue weighted by Crippen LogP contribution is 2.36. The van der Waals surface area contributed by atoms with Crippen LogP contribution in [0.25, 0.3) is 33.9 Å². The zero-order chi connectivity index (χ0) is 16.4. The molecule has 0 spiro atoms. The number of rotatable bonds is 4. The van der Waals surface area contributed by atoms with Crippen molar-refractivity contribution in [3.63, 3.8) is 0 Å². The molecule has 4 rings (SSSR count). The molecule has 0 unspecified atom stereocenters. The minimum Gasteiger partial charge on any atom is -0.497 e. The molecule has 2 aromatic carbocycles. The van der Waals surface area contributed by atoms with Gasteiger partial charge in [0.1, 0.15) is 17.3 Å². The average molecular weight is 316 g/mol. The molecule has 0 saturated carbocycles. The molecule has 0 aliphatic heterocycles. The van der Waals surface area contributed by atoms with Crippen LogP contribution in [0.1, 0.15) is 0 Å². The van der Waals surface area contributed by atoms with Gasteiger partial charge in [-0.15, -0.1) is 0 Å². The van der Waals surface area contributed by atoms with Crippen LogP contribution in [0, 0.1) is 0 Å². The predicted octanol–water partition coefficient (Wildman–Crippen LogP) is 4.14. The third-order valence-corrected chi connectivity index (χ3v) is 3.93. The largest absolute Gasteiger partial charge is 0.497 e. The van der Waals surface area contributed by atoms with E-state index in [0.29, 0.717) is 0 Å². The molecule has 2 heterocycles. The number of nitrogens with zero attached hydrogens (tertiary/aromatic N) is 2. The molecule has 2 N–H and O–H groups in total. The number of hydrogen-bond donors (Lipinski definition) is 2. The monoisotopic (exact) mass is 316 g/mol. The SMILES string of the molecule is COc1ccc(-c2[nH]nc(-c3ccccc3)c2-c2ncc[nH]2)cc1. The molecule has 5 heteroatoms. The van der Waals surface area contributed by atoms with Crippen molar-refractivity contribution < 1.29 is 4.74 Å². The van der Waals surface area contributed by atoms with E-state index in [-0.39, 0.29) is 0 Å². The van der Waals surface area contributed by atoms with Gasteiger partial charge in [0.25, 0.3) is 0 Å². The number of aromatic nitrogens is 4. The molecular weight excluding hydrogens is 300 g/mol. The van der Waals surface area contributed by atoms with Crippen molar-refractivity contribution in [1.82, 2.24) is 20.2 Å². The van der Waals surface area contributed by atoms with E-state index >= 15 is 0 Å². The van der Waals surface area contributed by atoms with Gasteiger partial charge in [-0.3, -0.25) is 5.10 Å². The fourth-order valence-electron chi connectivity index (χ4n) is 2.75. The van der Waals surface area contributed by atoms with Crippen molar-refractivity contribution in [2.24, 2.45) is 0 Å². The standard InChI is InChI=1S/C19H16N4O/c1-24-15-9-7-14(8-10-15)18-16(19-20-11-12-21-19)17(22-23-18)13-5-3-2-4-6-13/h2-12H,1H3,(H,20,21)(H,22,23). The summed E-state index contributed by atoms with van der Waals surface area (Å²) in [4.78, 5) is 7.61. The van der Waals surface area contributed by atoms with Gasteiger partial charge in [-0.1, -0.05) is 30.3 Å². The van der Waals surface area contributed by atoms with Crippen molar-refractivity contribution in [2.75, 3.05) is 7.11 Å². The molecule has 0 radical (unpaired) electrons. The van der Waals surface area contributed by atoms with Gasteiger partial charge in [0.05, 0.1) is 18.4 Å². The summed E-state index contributed by atoms with van der Waals surface area (Å²) in [6.45, 7) is 0. The summed E-state index contributed by atoms with van der Waals surface area (Å²) in [6, 6.07) is 18.0. The van der Waals surface area contributed by atoms with Crippen LogP contribution in [0.15, 0.2) is 67.0 Å². The van der Waals surface area contributed by atoms with Crippen LogP contribution in [0.3, 0.4) is 0 Å². The molecule has 0 saturated heterocycles. The van der Waals surface area contributed by atoms with Crippen LogP contribution in [0.5, 0.6) is 5.75 Å². The first-order valence-corrected chi connectivity index (χ1v) is 7.65. The van der Waals surface area contributed by atoms with Gasteiger partial charge < -0.3 is 9.72 Å². The van der Waals surface area contributed by atoms with E-state index in [1.165, 1.54) is 0 Å². The lowest BCUT2D eigenvalue weighted by Crippen LogP contribution is -1.88. The average Bonchev–Trinajstić information content (AvgIpc) is 3.32. The Morgan fingerprint density at radius 3 is 2.38 bits per heavy atom. The summed E-state index contributed by atoms with van der Waals surface area (Å²) in [5, 5.41) is 7.71. The fourth-order valence-corrected chi connectivity index (χ4v) is 2.75. The first-order valence-electron chi connectivity index (χ1n) is 7.65. The number of H-pyrrole nitrogens is 2. The van der Waals surface area contributed by atoms with Crippen LogP contribution in [-0.2, 0) is 0 Å². The van der Waals surface area contributed by atoms with Crippen LogP contribution in [0.2, 0.25) is 0 Å². The van der Waals surface area contributed by atoms with Gasteiger partial charge in [0, 0.05) is 23.5 Å². The fraction of sp³-hybridized carbons (Fsp3) is 0.0526. The van der Waals surface area contributed by atoms with Crippen molar-refractivity contribution in [3.05, 3.63) is 67.0 Å². The quantitative estimate of drug-likeness (QED) is 0.594. The maximum absolute atomic E-state index is 5.24. The summed E-state index contributed by atoms with van der Waals surface area (Å²) in [6.07, 6.45) is 3.56. The first-order chi connectivity index (χ1) is 11.9. The van der Waals surface area contributed by atoms with Crippen LogP contribution in [0.4, 0.5) is 0 Å². The molecule has 118 valence electrons. The number of nitrogens with one attached hydrogen (secondary N) is 2. The lowest BCUT2D eigenvalue weighted by molar-refractivity contribution is 0.415. The molecule has 2 aromatic heterocycles. The Labute approximate surface area is 139 Å². The number of hydrogen-bond acceptors (Lipinski definition) is 3. The summed E-state index contributed by atoms with van der Waals surface area (Å²) in [5.74, 6) is 1.61. The summed E-state index contributed by atoms with van der Waals surface area (Å²) in [5.41, 5.74) is 4.82. The summed E-state index contributed by atoms with van der Waals surface area (Å²) < 4.78 is 5.24. The third kappa shape index (κ3) is 2.46. The van der Waals surface area contributed by atoms with Crippen molar-refractivity contribution in [2.45, 2.75) is 0 Å². The van der Waals surface area contributed by atoms with E-state index in [9.17, 15) is 0 Å². The Balaban J connectivity index is 1.90. The van der Waals surface area contributed by atoms with Crippen molar-refractivity contribution in [1.29, 1.82) is 0 Å². The molecule has 0 aliphatic carbocycles. The Morgan fingerprint density at radius 2 is 1.71 bits per heavy atom. The lowest BCUT2D eigenvalue weighted by atomic mass is 10.0. The van der Waals surface area contributed by atoms with Crippen LogP contribution in [-0.4, -0.2) is 27.3 Å². The Bertz CT molecular complexity index is 925. The number of ether oxygens (including phenoxy) is 1. The van der Waals surface area contributed by atoms with Crippen molar-refractivity contribution >= 4 is 0 Å². The zero-order valence-corrected chi connectivity index (χ0v) is 13.2. The van der Waals surface area contributed by atoms with Crippen molar-refractivity contribution in [3.8, 4) is 39.7 Å². The molecule has 4 aromatic rings. The second-order valence-corrected chi connectivity index (χ2v) is 5.35. The molecule has 0 fully saturated rings. The van der Waals surface area contributed by atoms with Crippen LogP contribution < -0.4 is 4.74 Å². The number of benzene rings is 2. The molecule has 0 bridgehead atoms. The highest BCUT2D eigenvalue weighted by atomic mass is 16.5. The molecule has 24 heavy (non-hydrogen) atoms. The molecule has 5 nitrogen and oxygen atoms in total. The normalized spacial score (nSPS) is 10.7. The smallest absolute Gasteiger partial charge is 0.141 e. The maximum atomic E-state index is 5.24. The molecule has 0 atom stereocenters. The molecule has 0 amide bonds. The minimum atomic E-state index is 0.786. The Kier molecular flexibility index (Phi) is 3.59. The highest BCUT2D eigenvalue weighted by Gasteiger charge is 2.19. The second kappa shape index (κ2) is 6.04. The van der Waals surface area contributed by atoms with Gasteiger partial charge in [0.15, 0.2) is 0 Å². The van der Waals surface area contributed by atoms with E-state index in [1.54, 1.807) is 13.3 Å². The van der Waals surface area contributed by atoms with E-state index < -0.39 is 0 Å². The van der Waals surface area contributed by atoms with E-state index in [0.717, 1.165) is 39.7 Å². The van der Waals surface area contributed by atoms with Gasteiger partial charge in [-0.05, 0) is 24.3 Å². The number of imidazole rings is 1. The lowest BCUT2D eigenvalue weighted by Gasteiger charge is -2.05.